The molecule has 0 saturated carbocycles. The topological polar surface area (TPSA) is 67.8 Å². The molecule has 0 saturated heterocycles. The molecule has 0 aromatic carbocycles. The highest BCUT2D eigenvalue weighted by atomic mass is 16.5. The molecule has 0 fully saturated rings. The fraction of sp³-hybridized carbons (Fsp3) is 0.875. The third kappa shape index (κ3) is 4.96. The van der Waals surface area contributed by atoms with Crippen LogP contribution in [-0.4, -0.2) is 23.8 Å². The molecule has 0 bridgehead atoms. The molecule has 0 aromatic rings. The molecule has 0 rings (SSSR count). The van der Waals surface area contributed by atoms with Crippen molar-refractivity contribution in [3.05, 3.63) is 0 Å². The van der Waals surface area contributed by atoms with E-state index >= 15 is 0 Å². The van der Waals surface area contributed by atoms with Gasteiger partial charge in [-0.05, 0) is 12.8 Å². The lowest BCUT2D eigenvalue weighted by molar-refractivity contribution is 0.0397. The standard InChI is InChI=1S/C8H18N2O2/c1-6(2)7(3)12-5-4-8(9)10-11/h6-7,11H,4-5H2,1-3H3,(H2,9,10). The van der Waals surface area contributed by atoms with Crippen molar-refractivity contribution in [2.24, 2.45) is 16.8 Å². The van der Waals surface area contributed by atoms with Gasteiger partial charge in [-0.2, -0.15) is 0 Å². The number of hydrogen-bond donors (Lipinski definition) is 2. The summed E-state index contributed by atoms with van der Waals surface area (Å²) in [7, 11) is 0. The maximum Gasteiger partial charge on any atom is 0.141 e. The van der Waals surface area contributed by atoms with E-state index in [9.17, 15) is 0 Å². The molecule has 0 heterocycles. The lowest BCUT2D eigenvalue weighted by atomic mass is 10.1. The Morgan fingerprint density at radius 2 is 2.08 bits per heavy atom. The SMILES string of the molecule is CC(C)C(C)OCCC(N)=NO. The van der Waals surface area contributed by atoms with Crippen molar-refractivity contribution in [3.63, 3.8) is 0 Å². The minimum absolute atomic E-state index is 0.214. The van der Waals surface area contributed by atoms with Gasteiger partial charge in [0.15, 0.2) is 0 Å². The molecular weight excluding hydrogens is 156 g/mol. The second-order valence-electron chi connectivity index (χ2n) is 3.16. The summed E-state index contributed by atoms with van der Waals surface area (Å²) < 4.78 is 5.40. The fourth-order valence-electron chi connectivity index (χ4n) is 0.592. The first-order valence-corrected chi connectivity index (χ1v) is 4.16. The maximum absolute atomic E-state index is 8.22. The first-order chi connectivity index (χ1) is 5.57. The van der Waals surface area contributed by atoms with Gasteiger partial charge in [-0.1, -0.05) is 19.0 Å². The largest absolute Gasteiger partial charge is 0.409 e. The summed E-state index contributed by atoms with van der Waals surface area (Å²) in [5.74, 6) is 0.711. The molecule has 0 spiro atoms. The third-order valence-electron chi connectivity index (χ3n) is 1.81. The molecule has 0 aliphatic heterocycles. The van der Waals surface area contributed by atoms with Gasteiger partial charge in [-0.3, -0.25) is 0 Å². The van der Waals surface area contributed by atoms with E-state index in [2.05, 4.69) is 19.0 Å². The zero-order valence-corrected chi connectivity index (χ0v) is 7.95. The first-order valence-electron chi connectivity index (χ1n) is 4.16. The summed E-state index contributed by atoms with van der Waals surface area (Å²) in [6.07, 6.45) is 0.699. The summed E-state index contributed by atoms with van der Waals surface area (Å²) in [5.41, 5.74) is 5.26. The minimum atomic E-state index is 0.214. The van der Waals surface area contributed by atoms with Crippen LogP contribution in [0.2, 0.25) is 0 Å². The number of amidine groups is 1. The molecule has 4 nitrogen and oxygen atoms in total. The van der Waals surface area contributed by atoms with E-state index in [1.54, 1.807) is 0 Å². The molecule has 4 heteroatoms. The predicted octanol–water partition coefficient (Wildman–Crippen LogP) is 1.18. The fourth-order valence-corrected chi connectivity index (χ4v) is 0.592. The second-order valence-corrected chi connectivity index (χ2v) is 3.16. The minimum Gasteiger partial charge on any atom is -0.409 e. The highest BCUT2D eigenvalue weighted by Gasteiger charge is 2.06. The van der Waals surface area contributed by atoms with Crippen molar-refractivity contribution < 1.29 is 9.94 Å². The van der Waals surface area contributed by atoms with Crippen LogP contribution in [0, 0.1) is 5.92 Å². The number of rotatable bonds is 5. The van der Waals surface area contributed by atoms with Gasteiger partial charge < -0.3 is 15.7 Å². The van der Waals surface area contributed by atoms with E-state index in [0.717, 1.165) is 0 Å². The molecule has 0 radical (unpaired) electrons. The Labute approximate surface area is 73.4 Å². The van der Waals surface area contributed by atoms with Gasteiger partial charge in [-0.15, -0.1) is 0 Å². The Morgan fingerprint density at radius 1 is 1.50 bits per heavy atom. The van der Waals surface area contributed by atoms with E-state index in [0.29, 0.717) is 18.9 Å². The number of hydrogen-bond acceptors (Lipinski definition) is 3. The zero-order chi connectivity index (χ0) is 9.56. The van der Waals surface area contributed by atoms with E-state index in [-0.39, 0.29) is 11.9 Å². The molecule has 3 N–H and O–H groups in total. The van der Waals surface area contributed by atoms with Gasteiger partial charge in [0.05, 0.1) is 12.7 Å². The van der Waals surface area contributed by atoms with E-state index in [4.69, 9.17) is 15.7 Å². The number of nitrogens with zero attached hydrogens (tertiary/aromatic N) is 1. The molecule has 0 aliphatic rings. The van der Waals surface area contributed by atoms with Crippen LogP contribution in [0.4, 0.5) is 0 Å². The van der Waals surface area contributed by atoms with Gasteiger partial charge in [0, 0.05) is 6.42 Å². The molecule has 0 amide bonds. The van der Waals surface area contributed by atoms with Gasteiger partial charge in [0.1, 0.15) is 5.84 Å². The molecule has 1 atom stereocenters. The van der Waals surface area contributed by atoms with Crippen LogP contribution in [0.15, 0.2) is 5.16 Å². The van der Waals surface area contributed by atoms with Gasteiger partial charge in [0.25, 0.3) is 0 Å². The maximum atomic E-state index is 8.22. The van der Waals surface area contributed by atoms with Crippen molar-refractivity contribution in [2.75, 3.05) is 6.61 Å². The van der Waals surface area contributed by atoms with Crippen LogP contribution in [-0.2, 0) is 4.74 Å². The summed E-state index contributed by atoms with van der Waals surface area (Å²) >= 11 is 0. The molecule has 12 heavy (non-hydrogen) atoms. The van der Waals surface area contributed by atoms with Crippen LogP contribution in [0.25, 0.3) is 0 Å². The third-order valence-corrected chi connectivity index (χ3v) is 1.81. The highest BCUT2D eigenvalue weighted by molar-refractivity contribution is 5.79. The predicted molar refractivity (Wildman–Crippen MR) is 48.3 cm³/mol. The normalized spacial score (nSPS) is 15.2. The molecular formula is C8H18N2O2. The van der Waals surface area contributed by atoms with Crippen molar-refractivity contribution in [1.29, 1.82) is 0 Å². The van der Waals surface area contributed by atoms with Gasteiger partial charge >= 0.3 is 0 Å². The van der Waals surface area contributed by atoms with Crippen molar-refractivity contribution in [2.45, 2.75) is 33.3 Å². The van der Waals surface area contributed by atoms with Gasteiger partial charge in [-0.25, -0.2) is 0 Å². The van der Waals surface area contributed by atoms with Crippen LogP contribution in [0.1, 0.15) is 27.2 Å². The Bertz CT molecular complexity index is 146. The average Bonchev–Trinajstić information content (AvgIpc) is 2.03. The summed E-state index contributed by atoms with van der Waals surface area (Å²) in [6.45, 7) is 6.70. The second kappa shape index (κ2) is 5.83. The van der Waals surface area contributed by atoms with Crippen LogP contribution in [0.3, 0.4) is 0 Å². The summed E-state index contributed by atoms with van der Waals surface area (Å²) in [6, 6.07) is 0. The monoisotopic (exact) mass is 174 g/mol. The Kier molecular flexibility index (Phi) is 5.45. The number of nitrogens with two attached hydrogens (primary N) is 1. The first kappa shape index (κ1) is 11.2. The number of oxime groups is 1. The van der Waals surface area contributed by atoms with Crippen LogP contribution >= 0.6 is 0 Å². The Balaban J connectivity index is 3.43. The molecule has 1 unspecified atom stereocenters. The van der Waals surface area contributed by atoms with Gasteiger partial charge in [0.2, 0.25) is 0 Å². The smallest absolute Gasteiger partial charge is 0.141 e. The van der Waals surface area contributed by atoms with Crippen molar-refractivity contribution in [1.82, 2.24) is 0 Å². The lowest BCUT2D eigenvalue weighted by Crippen LogP contribution is -2.20. The van der Waals surface area contributed by atoms with Crippen LogP contribution in [0.5, 0.6) is 0 Å². The lowest BCUT2D eigenvalue weighted by Gasteiger charge is -2.15. The molecule has 0 aliphatic carbocycles. The Morgan fingerprint density at radius 3 is 2.50 bits per heavy atom. The zero-order valence-electron chi connectivity index (χ0n) is 7.95. The van der Waals surface area contributed by atoms with E-state index in [1.807, 2.05) is 6.92 Å². The number of ether oxygens (including phenoxy) is 1. The van der Waals surface area contributed by atoms with Crippen LogP contribution < -0.4 is 5.73 Å². The quantitative estimate of drug-likeness (QED) is 0.284. The Hall–Kier alpha value is -0.770. The summed E-state index contributed by atoms with van der Waals surface area (Å²) in [4.78, 5) is 0. The van der Waals surface area contributed by atoms with Crippen molar-refractivity contribution >= 4 is 5.84 Å². The van der Waals surface area contributed by atoms with E-state index < -0.39 is 0 Å². The highest BCUT2D eigenvalue weighted by Crippen LogP contribution is 2.04. The van der Waals surface area contributed by atoms with Crippen molar-refractivity contribution in [3.8, 4) is 0 Å². The van der Waals surface area contributed by atoms with E-state index in [1.165, 1.54) is 0 Å². The molecule has 0 aromatic heterocycles. The average molecular weight is 174 g/mol. The summed E-state index contributed by atoms with van der Waals surface area (Å²) in [5, 5.41) is 11.1. The molecule has 72 valence electrons.